The average molecular weight is 529 g/mol. The molecule has 2 heterocycles. The van der Waals surface area contributed by atoms with Crippen molar-refractivity contribution in [2.75, 3.05) is 13.2 Å². The summed E-state index contributed by atoms with van der Waals surface area (Å²) in [5.74, 6) is -1.92. The monoisotopic (exact) mass is 528 g/mol. The van der Waals surface area contributed by atoms with Crippen LogP contribution in [0.4, 0.5) is 8.78 Å². The minimum Gasteiger partial charge on any atom is -0.464 e. The highest BCUT2D eigenvalue weighted by Crippen LogP contribution is 2.35. The SMILES string of the molecule is CCOC(=O)[C@@H](NC(=O)c1cnc(-c2cccc(C3=NCC(C(=O)NC(C(F)F)C4CC4)=C3)c2)o1)C(C)C. The Hall–Kier alpha value is -3.89. The lowest BCUT2D eigenvalue weighted by Crippen LogP contribution is -2.45. The van der Waals surface area contributed by atoms with Gasteiger partial charge in [-0.25, -0.2) is 18.6 Å². The molecule has 0 radical (unpaired) electrons. The van der Waals surface area contributed by atoms with Gasteiger partial charge in [-0.1, -0.05) is 26.0 Å². The van der Waals surface area contributed by atoms with E-state index in [1.807, 2.05) is 0 Å². The van der Waals surface area contributed by atoms with Gasteiger partial charge in [-0.2, -0.15) is 0 Å². The van der Waals surface area contributed by atoms with Crippen LogP contribution >= 0.6 is 0 Å². The van der Waals surface area contributed by atoms with Crippen LogP contribution in [-0.2, 0) is 14.3 Å². The number of oxazole rings is 1. The van der Waals surface area contributed by atoms with Crippen LogP contribution in [0.3, 0.4) is 0 Å². The number of aromatic nitrogens is 1. The highest BCUT2D eigenvalue weighted by molar-refractivity contribution is 6.15. The van der Waals surface area contributed by atoms with Gasteiger partial charge in [0.25, 0.3) is 12.3 Å². The Kier molecular flexibility index (Phi) is 8.33. The molecule has 0 spiro atoms. The van der Waals surface area contributed by atoms with E-state index in [4.69, 9.17) is 9.15 Å². The van der Waals surface area contributed by atoms with Crippen molar-refractivity contribution in [1.82, 2.24) is 15.6 Å². The predicted octanol–water partition coefficient (Wildman–Crippen LogP) is 3.55. The summed E-state index contributed by atoms with van der Waals surface area (Å²) in [5, 5.41) is 5.08. The zero-order valence-electron chi connectivity index (χ0n) is 21.4. The number of allylic oxidation sites excluding steroid dienone is 1. The molecular formula is C27H30F2N4O5. The Balaban J connectivity index is 1.44. The van der Waals surface area contributed by atoms with Crippen LogP contribution in [0.2, 0.25) is 0 Å². The quantitative estimate of drug-likeness (QED) is 0.430. The van der Waals surface area contributed by atoms with Crippen molar-refractivity contribution in [3.8, 4) is 11.5 Å². The van der Waals surface area contributed by atoms with E-state index in [0.29, 0.717) is 35.3 Å². The fraction of sp³-hybridized carbons (Fsp3) is 0.444. The van der Waals surface area contributed by atoms with Gasteiger partial charge in [0.05, 0.1) is 31.1 Å². The second-order valence-corrected chi connectivity index (χ2v) is 9.60. The molecule has 1 aromatic carbocycles. The van der Waals surface area contributed by atoms with E-state index < -0.39 is 36.3 Å². The zero-order chi connectivity index (χ0) is 27.4. The first-order chi connectivity index (χ1) is 18.2. The van der Waals surface area contributed by atoms with Crippen LogP contribution < -0.4 is 10.6 Å². The predicted molar refractivity (Wildman–Crippen MR) is 135 cm³/mol. The molecule has 1 fully saturated rings. The third-order valence-electron chi connectivity index (χ3n) is 6.35. The zero-order valence-corrected chi connectivity index (χ0v) is 21.4. The van der Waals surface area contributed by atoms with Crippen molar-refractivity contribution in [2.45, 2.75) is 52.1 Å². The number of carbonyl (C=O) groups excluding carboxylic acids is 3. The first kappa shape index (κ1) is 27.2. The van der Waals surface area contributed by atoms with E-state index in [2.05, 4.69) is 20.6 Å². The molecule has 2 amide bonds. The van der Waals surface area contributed by atoms with E-state index in [9.17, 15) is 23.2 Å². The molecule has 2 aliphatic rings. The van der Waals surface area contributed by atoms with Crippen LogP contribution in [0, 0.1) is 11.8 Å². The Bertz CT molecular complexity index is 1260. The lowest BCUT2D eigenvalue weighted by Gasteiger charge is -2.19. The Morgan fingerprint density at radius 1 is 1.13 bits per heavy atom. The summed E-state index contributed by atoms with van der Waals surface area (Å²) in [6.07, 6.45) is 1.63. The van der Waals surface area contributed by atoms with Crippen molar-refractivity contribution in [2.24, 2.45) is 16.8 Å². The molecule has 11 heteroatoms. The smallest absolute Gasteiger partial charge is 0.328 e. The lowest BCUT2D eigenvalue weighted by atomic mass is 10.0. The number of amides is 2. The fourth-order valence-electron chi connectivity index (χ4n) is 4.09. The maximum atomic E-state index is 13.3. The second-order valence-electron chi connectivity index (χ2n) is 9.60. The number of hydrogen-bond donors (Lipinski definition) is 2. The van der Waals surface area contributed by atoms with Crippen molar-refractivity contribution in [1.29, 1.82) is 0 Å². The average Bonchev–Trinajstić information content (AvgIpc) is 3.38. The molecule has 2 aromatic rings. The summed E-state index contributed by atoms with van der Waals surface area (Å²) in [6.45, 7) is 5.56. The van der Waals surface area contributed by atoms with E-state index in [0.717, 1.165) is 0 Å². The Labute approximate surface area is 218 Å². The molecule has 0 bridgehead atoms. The van der Waals surface area contributed by atoms with Crippen LogP contribution in [-0.4, -0.2) is 60.1 Å². The van der Waals surface area contributed by atoms with Crippen LogP contribution in [0.15, 0.2) is 51.5 Å². The minimum atomic E-state index is -2.61. The standard InChI is InChI=1S/C27H30F2N4O5/c1-4-37-27(36)21(14(2)3)32-25(35)20-13-31-26(38-20)17-7-5-6-16(10-17)19-11-18(12-30-19)24(34)33-22(23(28)29)15-8-9-15/h5-7,10-11,13-15,21-23H,4,8-9,12H2,1-3H3,(H,32,35)(H,33,34)/t21-,22?/m0/s1. The number of nitrogens with one attached hydrogen (secondary N) is 2. The maximum Gasteiger partial charge on any atom is 0.328 e. The molecule has 38 heavy (non-hydrogen) atoms. The number of nitrogens with zero attached hydrogens (tertiary/aromatic N) is 2. The topological polar surface area (TPSA) is 123 Å². The van der Waals surface area contributed by atoms with Gasteiger partial charge in [0.2, 0.25) is 17.6 Å². The van der Waals surface area contributed by atoms with Gasteiger partial charge in [0.1, 0.15) is 6.04 Å². The lowest BCUT2D eigenvalue weighted by molar-refractivity contribution is -0.146. The van der Waals surface area contributed by atoms with Gasteiger partial charge in [-0.3, -0.25) is 14.6 Å². The van der Waals surface area contributed by atoms with Crippen LogP contribution in [0.25, 0.3) is 11.5 Å². The van der Waals surface area contributed by atoms with Gasteiger partial charge >= 0.3 is 5.97 Å². The number of ether oxygens (including phenoxy) is 1. The molecule has 1 aromatic heterocycles. The van der Waals surface area contributed by atoms with E-state index >= 15 is 0 Å². The number of benzene rings is 1. The molecular weight excluding hydrogens is 498 g/mol. The van der Waals surface area contributed by atoms with Crippen molar-refractivity contribution >= 4 is 23.5 Å². The number of halogens is 2. The van der Waals surface area contributed by atoms with Gasteiger partial charge in [0.15, 0.2) is 0 Å². The molecule has 202 valence electrons. The number of alkyl halides is 2. The molecule has 2 N–H and O–H groups in total. The third kappa shape index (κ3) is 6.32. The number of esters is 1. The highest BCUT2D eigenvalue weighted by atomic mass is 19.3. The number of aliphatic imine (C=N–C) groups is 1. The molecule has 1 aliphatic carbocycles. The highest BCUT2D eigenvalue weighted by Gasteiger charge is 2.38. The van der Waals surface area contributed by atoms with Gasteiger partial charge in [-0.15, -0.1) is 0 Å². The summed E-state index contributed by atoms with van der Waals surface area (Å²) < 4.78 is 37.2. The molecule has 0 saturated heterocycles. The molecule has 1 unspecified atom stereocenters. The molecule has 4 rings (SSSR count). The van der Waals surface area contributed by atoms with Gasteiger partial charge in [0, 0.05) is 16.7 Å². The first-order valence-corrected chi connectivity index (χ1v) is 12.6. The molecule has 2 atom stereocenters. The molecule has 1 saturated carbocycles. The normalized spacial score (nSPS) is 16.6. The summed E-state index contributed by atoms with van der Waals surface area (Å²) in [4.78, 5) is 46.0. The van der Waals surface area contributed by atoms with E-state index in [1.54, 1.807) is 51.1 Å². The Morgan fingerprint density at radius 2 is 1.87 bits per heavy atom. The number of rotatable bonds is 11. The Morgan fingerprint density at radius 3 is 2.53 bits per heavy atom. The second kappa shape index (κ2) is 11.7. The van der Waals surface area contributed by atoms with E-state index in [-0.39, 0.29) is 36.6 Å². The summed E-state index contributed by atoms with van der Waals surface area (Å²) >= 11 is 0. The van der Waals surface area contributed by atoms with Crippen molar-refractivity contribution in [3.05, 3.63) is 53.4 Å². The molecule has 9 nitrogen and oxygen atoms in total. The maximum absolute atomic E-state index is 13.3. The van der Waals surface area contributed by atoms with Crippen molar-refractivity contribution in [3.63, 3.8) is 0 Å². The number of hydrogen-bond acceptors (Lipinski definition) is 7. The summed E-state index contributed by atoms with van der Waals surface area (Å²) in [7, 11) is 0. The third-order valence-corrected chi connectivity index (χ3v) is 6.35. The fourth-order valence-corrected chi connectivity index (χ4v) is 4.09. The first-order valence-electron chi connectivity index (χ1n) is 12.6. The van der Waals surface area contributed by atoms with Gasteiger partial charge < -0.3 is 19.8 Å². The van der Waals surface area contributed by atoms with Crippen molar-refractivity contribution < 1.29 is 32.3 Å². The van der Waals surface area contributed by atoms with Gasteiger partial charge in [-0.05, 0) is 49.8 Å². The minimum absolute atomic E-state index is 0.0679. The summed E-state index contributed by atoms with van der Waals surface area (Å²) in [6, 6.07) is 5.04. The van der Waals surface area contributed by atoms with Crippen LogP contribution in [0.1, 0.15) is 49.7 Å². The molecule has 1 aliphatic heterocycles. The summed E-state index contributed by atoms with van der Waals surface area (Å²) in [5.41, 5.74) is 2.07. The largest absolute Gasteiger partial charge is 0.464 e. The van der Waals surface area contributed by atoms with Crippen LogP contribution in [0.5, 0.6) is 0 Å². The number of carbonyl (C=O) groups is 3. The van der Waals surface area contributed by atoms with E-state index in [1.165, 1.54) is 6.20 Å².